The van der Waals surface area contributed by atoms with E-state index in [1.165, 1.54) is 7.11 Å². The molecule has 0 radical (unpaired) electrons. The number of aromatic nitrogens is 1. The molecule has 15 heavy (non-hydrogen) atoms. The molecule has 0 aliphatic rings. The van der Waals surface area contributed by atoms with Crippen LogP contribution in [0.1, 0.15) is 10.5 Å². The van der Waals surface area contributed by atoms with Gasteiger partial charge >= 0.3 is 5.97 Å². The van der Waals surface area contributed by atoms with Crippen molar-refractivity contribution in [3.05, 3.63) is 31.9 Å². The minimum Gasteiger partial charge on any atom is -0.464 e. The third-order valence-electron chi connectivity index (χ3n) is 2.06. The van der Waals surface area contributed by atoms with Gasteiger partial charge in [0.1, 0.15) is 5.69 Å². The Bertz CT molecular complexity index is 535. The van der Waals surface area contributed by atoms with E-state index >= 15 is 0 Å². The molecule has 0 spiro atoms. The Labute approximate surface area is 108 Å². The van der Waals surface area contributed by atoms with Gasteiger partial charge in [-0.3, -0.25) is 0 Å². The van der Waals surface area contributed by atoms with Crippen molar-refractivity contribution in [1.82, 2.24) is 4.98 Å². The fourth-order valence-corrected chi connectivity index (χ4v) is 3.01. The first kappa shape index (κ1) is 10.9. The monoisotopic (exact) mass is 379 g/mol. The molecule has 0 unspecified atom stereocenters. The van der Waals surface area contributed by atoms with Crippen LogP contribution in [0.5, 0.6) is 0 Å². The van der Waals surface area contributed by atoms with E-state index in [4.69, 9.17) is 0 Å². The molecule has 5 heteroatoms. The summed E-state index contributed by atoms with van der Waals surface area (Å²) in [4.78, 5) is 14.3. The molecular formula is C10H7BrINO2. The molecule has 0 atom stereocenters. The third-order valence-corrected chi connectivity index (χ3v) is 3.34. The molecule has 3 nitrogen and oxygen atoms in total. The molecule has 2 aromatic rings. The molecule has 0 saturated heterocycles. The lowest BCUT2D eigenvalue weighted by atomic mass is 10.2. The summed E-state index contributed by atoms with van der Waals surface area (Å²) in [5.41, 5.74) is 1.39. The maximum Gasteiger partial charge on any atom is 0.354 e. The molecule has 0 bridgehead atoms. The number of carbonyl (C=O) groups is 1. The Morgan fingerprint density at radius 3 is 2.87 bits per heavy atom. The number of fused-ring (bicyclic) bond motifs is 1. The minimum absolute atomic E-state index is 0.354. The van der Waals surface area contributed by atoms with Crippen molar-refractivity contribution >= 4 is 55.4 Å². The van der Waals surface area contributed by atoms with E-state index in [1.54, 1.807) is 6.07 Å². The van der Waals surface area contributed by atoms with E-state index < -0.39 is 0 Å². The van der Waals surface area contributed by atoms with Crippen LogP contribution in [0, 0.1) is 3.57 Å². The first-order chi connectivity index (χ1) is 7.11. The summed E-state index contributed by atoms with van der Waals surface area (Å²) in [7, 11) is 1.37. The molecule has 0 amide bonds. The first-order valence-corrected chi connectivity index (χ1v) is 6.05. The Morgan fingerprint density at radius 1 is 1.47 bits per heavy atom. The number of halogens is 2. The standard InChI is InChI=1S/C10H7BrINO2/c1-15-10(14)9-4-6-7(11)2-5(12)3-8(6)13-9/h2-4,13H,1H3. The van der Waals surface area contributed by atoms with Gasteiger partial charge < -0.3 is 9.72 Å². The molecule has 0 aliphatic heterocycles. The number of hydrogen-bond acceptors (Lipinski definition) is 2. The topological polar surface area (TPSA) is 42.1 Å². The van der Waals surface area contributed by atoms with E-state index in [0.717, 1.165) is 18.9 Å². The molecular weight excluding hydrogens is 373 g/mol. The molecule has 1 N–H and O–H groups in total. The van der Waals surface area contributed by atoms with Gasteiger partial charge in [0.05, 0.1) is 7.11 Å². The average Bonchev–Trinajstić information content (AvgIpc) is 2.60. The Kier molecular flexibility index (Phi) is 3.01. The Morgan fingerprint density at radius 2 is 2.20 bits per heavy atom. The van der Waals surface area contributed by atoms with Gasteiger partial charge in [0.15, 0.2) is 0 Å². The van der Waals surface area contributed by atoms with E-state index in [9.17, 15) is 4.79 Å². The molecule has 0 fully saturated rings. The largest absolute Gasteiger partial charge is 0.464 e. The second-order valence-corrected chi connectivity index (χ2v) is 5.12. The fourth-order valence-electron chi connectivity index (χ4n) is 1.38. The number of carbonyl (C=O) groups excluding carboxylic acids is 1. The second-order valence-electron chi connectivity index (χ2n) is 3.02. The molecule has 1 aromatic heterocycles. The van der Waals surface area contributed by atoms with E-state index in [1.807, 2.05) is 12.1 Å². The van der Waals surface area contributed by atoms with Crippen LogP contribution in [0.25, 0.3) is 10.9 Å². The summed E-state index contributed by atoms with van der Waals surface area (Å²) in [6, 6.07) is 5.76. The van der Waals surface area contributed by atoms with Crippen molar-refractivity contribution in [2.75, 3.05) is 7.11 Å². The number of rotatable bonds is 1. The number of H-pyrrole nitrogens is 1. The van der Waals surface area contributed by atoms with Crippen molar-refractivity contribution in [2.24, 2.45) is 0 Å². The van der Waals surface area contributed by atoms with Crippen LogP contribution in [0.3, 0.4) is 0 Å². The third kappa shape index (κ3) is 2.03. The molecule has 1 heterocycles. The second kappa shape index (κ2) is 4.13. The highest BCUT2D eigenvalue weighted by atomic mass is 127. The van der Waals surface area contributed by atoms with Gasteiger partial charge in [-0.2, -0.15) is 0 Å². The van der Waals surface area contributed by atoms with Crippen LogP contribution >= 0.6 is 38.5 Å². The van der Waals surface area contributed by atoms with Crippen LogP contribution in [-0.4, -0.2) is 18.1 Å². The van der Waals surface area contributed by atoms with Crippen LogP contribution in [0.2, 0.25) is 0 Å². The van der Waals surface area contributed by atoms with Gasteiger partial charge in [-0.05, 0) is 40.8 Å². The average molecular weight is 380 g/mol. The van der Waals surface area contributed by atoms with Gasteiger partial charge in [-0.15, -0.1) is 0 Å². The van der Waals surface area contributed by atoms with Gasteiger partial charge in [-0.25, -0.2) is 4.79 Å². The number of esters is 1. The van der Waals surface area contributed by atoms with Gasteiger partial charge in [0, 0.05) is 18.9 Å². The molecule has 0 aliphatic carbocycles. The van der Waals surface area contributed by atoms with Gasteiger partial charge in [0.25, 0.3) is 0 Å². The van der Waals surface area contributed by atoms with Crippen LogP contribution in [0.4, 0.5) is 0 Å². The van der Waals surface area contributed by atoms with Crippen LogP contribution in [0.15, 0.2) is 22.7 Å². The van der Waals surface area contributed by atoms with Crippen molar-refractivity contribution in [3.63, 3.8) is 0 Å². The zero-order valence-corrected chi connectivity index (χ0v) is 11.5. The highest BCUT2D eigenvalue weighted by molar-refractivity contribution is 14.1. The van der Waals surface area contributed by atoms with E-state index in [-0.39, 0.29) is 5.97 Å². The lowest BCUT2D eigenvalue weighted by molar-refractivity contribution is 0.0595. The quantitative estimate of drug-likeness (QED) is 0.610. The van der Waals surface area contributed by atoms with Crippen LogP contribution in [-0.2, 0) is 4.74 Å². The van der Waals surface area contributed by atoms with E-state index in [0.29, 0.717) is 5.69 Å². The van der Waals surface area contributed by atoms with Crippen molar-refractivity contribution in [1.29, 1.82) is 0 Å². The number of ether oxygens (including phenoxy) is 1. The number of hydrogen-bond donors (Lipinski definition) is 1. The van der Waals surface area contributed by atoms with Crippen LogP contribution < -0.4 is 0 Å². The van der Waals surface area contributed by atoms with E-state index in [2.05, 4.69) is 48.2 Å². The smallest absolute Gasteiger partial charge is 0.354 e. The Hall–Kier alpha value is -0.560. The summed E-state index contributed by atoms with van der Waals surface area (Å²) in [5.74, 6) is -0.354. The number of aromatic amines is 1. The van der Waals surface area contributed by atoms with Gasteiger partial charge in [-0.1, -0.05) is 15.9 Å². The summed E-state index contributed by atoms with van der Waals surface area (Å²) < 4.78 is 6.72. The maximum absolute atomic E-state index is 11.3. The number of benzene rings is 1. The van der Waals surface area contributed by atoms with Crippen molar-refractivity contribution in [2.45, 2.75) is 0 Å². The SMILES string of the molecule is COC(=O)c1cc2c(Br)cc(I)cc2[nH]1. The highest BCUT2D eigenvalue weighted by Gasteiger charge is 2.11. The lowest BCUT2D eigenvalue weighted by Gasteiger charge is -1.94. The molecule has 78 valence electrons. The summed E-state index contributed by atoms with van der Waals surface area (Å²) in [5, 5.41) is 0.982. The summed E-state index contributed by atoms with van der Waals surface area (Å²) >= 11 is 5.68. The van der Waals surface area contributed by atoms with Crippen molar-refractivity contribution < 1.29 is 9.53 Å². The van der Waals surface area contributed by atoms with Gasteiger partial charge in [0.2, 0.25) is 0 Å². The fraction of sp³-hybridized carbons (Fsp3) is 0.100. The Balaban J connectivity index is 2.65. The normalized spacial score (nSPS) is 10.6. The maximum atomic E-state index is 11.3. The zero-order valence-electron chi connectivity index (χ0n) is 7.80. The highest BCUT2D eigenvalue weighted by Crippen LogP contribution is 2.27. The first-order valence-electron chi connectivity index (χ1n) is 4.18. The minimum atomic E-state index is -0.354. The lowest BCUT2D eigenvalue weighted by Crippen LogP contribution is -2.00. The number of nitrogens with one attached hydrogen (secondary N) is 1. The molecule has 0 saturated carbocycles. The number of methoxy groups -OCH3 is 1. The molecule has 2 rings (SSSR count). The zero-order chi connectivity index (χ0) is 11.0. The molecule has 1 aromatic carbocycles. The van der Waals surface area contributed by atoms with Crippen molar-refractivity contribution in [3.8, 4) is 0 Å². The summed E-state index contributed by atoms with van der Waals surface area (Å²) in [6.07, 6.45) is 0. The summed E-state index contributed by atoms with van der Waals surface area (Å²) in [6.45, 7) is 0. The predicted octanol–water partition coefficient (Wildman–Crippen LogP) is 3.32. The predicted molar refractivity (Wildman–Crippen MR) is 70.1 cm³/mol.